The largest absolute Gasteiger partial charge is 0.487 e. The third-order valence-corrected chi connectivity index (χ3v) is 2.15. The molecule has 0 amide bonds. The Bertz CT molecular complexity index is 386. The first-order valence-electron chi connectivity index (χ1n) is 5.47. The topological polar surface area (TPSA) is 48.4 Å². The lowest BCUT2D eigenvalue weighted by atomic mass is 10.3. The van der Waals surface area contributed by atoms with Crippen LogP contribution in [0.5, 0.6) is 11.5 Å². The predicted molar refractivity (Wildman–Crippen MR) is 59.0 cm³/mol. The van der Waals surface area contributed by atoms with Crippen molar-refractivity contribution < 1.29 is 14.3 Å². The molecule has 0 radical (unpaired) electrons. The molecule has 1 aliphatic carbocycles. The number of carbonyl (C=O) groups is 1. The molecule has 1 aromatic heterocycles. The number of ether oxygens (including phenoxy) is 2. The maximum atomic E-state index is 10.6. The molecule has 0 N–H and O–H groups in total. The van der Waals surface area contributed by atoms with E-state index in [1.807, 2.05) is 13.8 Å². The molecular weight excluding hydrogens is 206 g/mol. The summed E-state index contributed by atoms with van der Waals surface area (Å²) in [6.07, 6.45) is 4.75. The summed E-state index contributed by atoms with van der Waals surface area (Å²) in [7, 11) is 0. The normalized spacial score (nSPS) is 14.9. The first-order valence-corrected chi connectivity index (χ1v) is 5.47. The van der Waals surface area contributed by atoms with Gasteiger partial charge in [0.05, 0.1) is 18.4 Å². The quantitative estimate of drug-likeness (QED) is 0.715. The average molecular weight is 221 g/mol. The number of hydrogen-bond donors (Lipinski definition) is 0. The van der Waals surface area contributed by atoms with Gasteiger partial charge in [-0.25, -0.2) is 4.98 Å². The van der Waals surface area contributed by atoms with Crippen LogP contribution < -0.4 is 9.47 Å². The fraction of sp³-hybridized carbons (Fsp3) is 0.500. The van der Waals surface area contributed by atoms with E-state index < -0.39 is 0 Å². The number of aromatic nitrogens is 1. The summed E-state index contributed by atoms with van der Waals surface area (Å²) in [4.78, 5) is 14.6. The molecule has 0 atom stereocenters. The SMILES string of the molecule is CC(C)Oc1cc(C=O)ncc1OC1CC1. The third-order valence-electron chi connectivity index (χ3n) is 2.15. The van der Waals surface area contributed by atoms with Crippen molar-refractivity contribution in [3.63, 3.8) is 0 Å². The van der Waals surface area contributed by atoms with Crippen LogP contribution in [0.2, 0.25) is 0 Å². The molecule has 2 rings (SSSR count). The molecule has 0 spiro atoms. The van der Waals surface area contributed by atoms with Gasteiger partial charge in [0.15, 0.2) is 17.8 Å². The van der Waals surface area contributed by atoms with Crippen LogP contribution in [0, 0.1) is 0 Å². The first-order chi connectivity index (χ1) is 7.69. The van der Waals surface area contributed by atoms with Gasteiger partial charge in [0, 0.05) is 6.07 Å². The number of aldehydes is 1. The summed E-state index contributed by atoms with van der Waals surface area (Å²) < 4.78 is 11.2. The Labute approximate surface area is 94.6 Å². The average Bonchev–Trinajstić information content (AvgIpc) is 3.03. The highest BCUT2D eigenvalue weighted by Gasteiger charge is 2.25. The van der Waals surface area contributed by atoms with Gasteiger partial charge in [0.1, 0.15) is 5.69 Å². The molecule has 16 heavy (non-hydrogen) atoms. The molecule has 4 nitrogen and oxygen atoms in total. The van der Waals surface area contributed by atoms with E-state index in [1.165, 1.54) is 0 Å². The van der Waals surface area contributed by atoms with Crippen molar-refractivity contribution in [1.82, 2.24) is 4.98 Å². The number of rotatable bonds is 5. The van der Waals surface area contributed by atoms with E-state index >= 15 is 0 Å². The Morgan fingerprint density at radius 2 is 2.19 bits per heavy atom. The van der Waals surface area contributed by atoms with Crippen LogP contribution in [-0.4, -0.2) is 23.5 Å². The second kappa shape index (κ2) is 4.51. The van der Waals surface area contributed by atoms with Gasteiger partial charge in [-0.1, -0.05) is 0 Å². The number of nitrogens with zero attached hydrogens (tertiary/aromatic N) is 1. The summed E-state index contributed by atoms with van der Waals surface area (Å²) in [5.41, 5.74) is 0.360. The highest BCUT2D eigenvalue weighted by Crippen LogP contribution is 2.33. The molecular formula is C12H15NO3. The lowest BCUT2D eigenvalue weighted by Crippen LogP contribution is -2.09. The fourth-order valence-electron chi connectivity index (χ4n) is 1.30. The second-order valence-corrected chi connectivity index (χ2v) is 4.16. The van der Waals surface area contributed by atoms with E-state index in [0.29, 0.717) is 29.6 Å². The van der Waals surface area contributed by atoms with Crippen LogP contribution >= 0.6 is 0 Å². The van der Waals surface area contributed by atoms with Crippen molar-refractivity contribution in [1.29, 1.82) is 0 Å². The molecule has 86 valence electrons. The van der Waals surface area contributed by atoms with Crippen molar-refractivity contribution in [2.45, 2.75) is 38.9 Å². The van der Waals surface area contributed by atoms with Crippen molar-refractivity contribution in [2.24, 2.45) is 0 Å². The van der Waals surface area contributed by atoms with Crippen LogP contribution in [0.25, 0.3) is 0 Å². The van der Waals surface area contributed by atoms with Crippen molar-refractivity contribution in [3.8, 4) is 11.5 Å². The van der Waals surface area contributed by atoms with Crippen molar-refractivity contribution in [3.05, 3.63) is 18.0 Å². The smallest absolute Gasteiger partial charge is 0.179 e. The highest BCUT2D eigenvalue weighted by molar-refractivity contribution is 5.73. The Morgan fingerprint density at radius 1 is 1.44 bits per heavy atom. The van der Waals surface area contributed by atoms with E-state index in [9.17, 15) is 4.79 Å². The summed E-state index contributed by atoms with van der Waals surface area (Å²) in [5, 5.41) is 0. The van der Waals surface area contributed by atoms with E-state index in [0.717, 1.165) is 12.8 Å². The molecule has 1 aliphatic rings. The van der Waals surface area contributed by atoms with Gasteiger partial charge in [0.2, 0.25) is 0 Å². The highest BCUT2D eigenvalue weighted by atomic mass is 16.5. The van der Waals surface area contributed by atoms with Crippen LogP contribution in [-0.2, 0) is 0 Å². The third kappa shape index (κ3) is 2.72. The Kier molecular flexibility index (Phi) is 3.08. The molecule has 1 fully saturated rings. The minimum absolute atomic E-state index is 0.0449. The van der Waals surface area contributed by atoms with Gasteiger partial charge in [-0.3, -0.25) is 4.79 Å². The molecule has 1 heterocycles. The molecule has 1 aromatic rings. The molecule has 0 aromatic carbocycles. The fourth-order valence-corrected chi connectivity index (χ4v) is 1.30. The summed E-state index contributed by atoms with van der Waals surface area (Å²) >= 11 is 0. The Hall–Kier alpha value is -1.58. The minimum atomic E-state index is 0.0449. The number of carbonyl (C=O) groups excluding carboxylic acids is 1. The summed E-state index contributed by atoms with van der Waals surface area (Å²) in [6, 6.07) is 1.62. The van der Waals surface area contributed by atoms with E-state index in [1.54, 1.807) is 12.3 Å². The molecule has 1 saturated carbocycles. The van der Waals surface area contributed by atoms with Crippen molar-refractivity contribution in [2.75, 3.05) is 0 Å². The maximum absolute atomic E-state index is 10.6. The van der Waals surface area contributed by atoms with Gasteiger partial charge in [-0.05, 0) is 26.7 Å². The second-order valence-electron chi connectivity index (χ2n) is 4.16. The van der Waals surface area contributed by atoms with Crippen LogP contribution in [0.15, 0.2) is 12.3 Å². The molecule has 0 aliphatic heterocycles. The van der Waals surface area contributed by atoms with E-state index in [-0.39, 0.29) is 6.10 Å². The van der Waals surface area contributed by atoms with E-state index in [4.69, 9.17) is 9.47 Å². The standard InChI is InChI=1S/C12H15NO3/c1-8(2)15-11-5-9(7-14)13-6-12(11)16-10-3-4-10/h5-8,10H,3-4H2,1-2H3. The van der Waals surface area contributed by atoms with Gasteiger partial charge in [-0.2, -0.15) is 0 Å². The van der Waals surface area contributed by atoms with Gasteiger partial charge >= 0.3 is 0 Å². The maximum Gasteiger partial charge on any atom is 0.179 e. The molecule has 0 unspecified atom stereocenters. The minimum Gasteiger partial charge on any atom is -0.487 e. The summed E-state index contributed by atoms with van der Waals surface area (Å²) in [6.45, 7) is 3.86. The zero-order chi connectivity index (χ0) is 11.5. The molecule has 0 saturated heterocycles. The lowest BCUT2D eigenvalue weighted by molar-refractivity contribution is 0.111. The first kappa shape index (κ1) is 10.9. The van der Waals surface area contributed by atoms with Gasteiger partial charge in [0.25, 0.3) is 0 Å². The lowest BCUT2D eigenvalue weighted by Gasteiger charge is -2.14. The monoisotopic (exact) mass is 221 g/mol. The zero-order valence-electron chi connectivity index (χ0n) is 9.47. The van der Waals surface area contributed by atoms with Gasteiger partial charge in [-0.15, -0.1) is 0 Å². The Balaban J connectivity index is 2.22. The Morgan fingerprint density at radius 3 is 2.75 bits per heavy atom. The zero-order valence-corrected chi connectivity index (χ0v) is 9.47. The molecule has 0 bridgehead atoms. The van der Waals surface area contributed by atoms with Crippen LogP contribution in [0.3, 0.4) is 0 Å². The van der Waals surface area contributed by atoms with E-state index in [2.05, 4.69) is 4.98 Å². The number of pyridine rings is 1. The number of hydrogen-bond acceptors (Lipinski definition) is 4. The molecule has 4 heteroatoms. The van der Waals surface area contributed by atoms with Crippen LogP contribution in [0.4, 0.5) is 0 Å². The van der Waals surface area contributed by atoms with Crippen LogP contribution in [0.1, 0.15) is 37.2 Å². The van der Waals surface area contributed by atoms with Gasteiger partial charge < -0.3 is 9.47 Å². The predicted octanol–water partition coefficient (Wildman–Crippen LogP) is 2.22. The van der Waals surface area contributed by atoms with Crippen molar-refractivity contribution >= 4 is 6.29 Å². The summed E-state index contributed by atoms with van der Waals surface area (Å²) in [5.74, 6) is 1.22.